The molecule has 0 aliphatic carbocycles. The molecule has 1 aliphatic rings. The third kappa shape index (κ3) is 3.10. The average molecular weight is 367 g/mol. The van der Waals surface area contributed by atoms with Crippen LogP contribution in [-0.2, 0) is 14.3 Å². The normalized spacial score (nSPS) is 17.2. The Kier molecular flexibility index (Phi) is 5.09. The highest BCUT2D eigenvalue weighted by Gasteiger charge is 2.39. The number of esters is 1. The molecule has 2 heterocycles. The Labute approximate surface area is 157 Å². The highest BCUT2D eigenvalue weighted by molar-refractivity contribution is 7.11. The van der Waals surface area contributed by atoms with E-state index in [-0.39, 0.29) is 11.9 Å². The molecule has 0 unspecified atom stereocenters. The van der Waals surface area contributed by atoms with Gasteiger partial charge < -0.3 is 9.64 Å². The minimum absolute atomic E-state index is 0.174. The number of hydrogen-bond acceptors (Lipinski definition) is 4. The van der Waals surface area contributed by atoms with Crippen LogP contribution in [0.3, 0.4) is 0 Å². The summed E-state index contributed by atoms with van der Waals surface area (Å²) in [6.07, 6.45) is 1.80. The van der Waals surface area contributed by atoms with Crippen LogP contribution in [0, 0.1) is 6.92 Å². The molecule has 1 aliphatic heterocycles. The lowest BCUT2D eigenvalue weighted by molar-refractivity contribution is -0.136. The molecule has 5 heteroatoms. The van der Waals surface area contributed by atoms with Gasteiger partial charge in [-0.25, -0.2) is 4.79 Å². The van der Waals surface area contributed by atoms with Crippen LogP contribution in [0.2, 0.25) is 0 Å². The molecule has 3 rings (SSSR count). The molecule has 1 amide bonds. The number of carbonyl (C=O) groups excluding carboxylic acids is 2. The van der Waals surface area contributed by atoms with Gasteiger partial charge in [0.05, 0.1) is 24.3 Å². The van der Waals surface area contributed by atoms with Gasteiger partial charge >= 0.3 is 5.97 Å². The summed E-state index contributed by atoms with van der Waals surface area (Å²) in [7, 11) is 1.34. The maximum Gasteiger partial charge on any atom is 0.340 e. The Balaban J connectivity index is 2.10. The first-order valence-electron chi connectivity index (χ1n) is 8.39. The van der Waals surface area contributed by atoms with E-state index in [0.717, 1.165) is 16.0 Å². The molecule has 0 fully saturated rings. The second-order valence-electron chi connectivity index (χ2n) is 6.24. The largest absolute Gasteiger partial charge is 0.465 e. The fourth-order valence-electron chi connectivity index (χ4n) is 3.21. The van der Waals surface area contributed by atoms with E-state index in [2.05, 4.69) is 0 Å². The number of carbonyl (C=O) groups is 2. The predicted octanol–water partition coefficient (Wildman–Crippen LogP) is 4.49. The Morgan fingerprint density at radius 2 is 1.88 bits per heavy atom. The van der Waals surface area contributed by atoms with Gasteiger partial charge in [0.25, 0.3) is 5.91 Å². The van der Waals surface area contributed by atoms with E-state index in [4.69, 9.17) is 4.74 Å². The number of hydrogen-bond donors (Lipinski definition) is 0. The summed E-state index contributed by atoms with van der Waals surface area (Å²) < 4.78 is 4.95. The summed E-state index contributed by atoms with van der Waals surface area (Å²) in [6.45, 7) is 5.75. The highest BCUT2D eigenvalue weighted by atomic mass is 32.1. The van der Waals surface area contributed by atoms with E-state index < -0.39 is 5.97 Å². The summed E-state index contributed by atoms with van der Waals surface area (Å²) in [5.41, 5.74) is 3.44. The van der Waals surface area contributed by atoms with Crippen molar-refractivity contribution >= 4 is 29.3 Å². The first-order valence-corrected chi connectivity index (χ1v) is 9.27. The summed E-state index contributed by atoms with van der Waals surface area (Å²) in [5.74, 6) is -0.661. The minimum atomic E-state index is -0.487. The molecule has 1 aromatic heterocycles. The number of ether oxygens (including phenoxy) is 1. The third-order valence-corrected chi connectivity index (χ3v) is 5.64. The van der Waals surface area contributed by atoms with Gasteiger partial charge in [-0.15, -0.1) is 11.3 Å². The van der Waals surface area contributed by atoms with Crippen LogP contribution in [0.15, 0.2) is 58.6 Å². The summed E-state index contributed by atoms with van der Waals surface area (Å²) in [5, 5.41) is 1.97. The lowest BCUT2D eigenvalue weighted by Crippen LogP contribution is -2.28. The van der Waals surface area contributed by atoms with E-state index >= 15 is 0 Å². The van der Waals surface area contributed by atoms with Gasteiger partial charge in [-0.05, 0) is 49.4 Å². The monoisotopic (exact) mass is 367 g/mol. The van der Waals surface area contributed by atoms with Crippen LogP contribution in [0.4, 0.5) is 0 Å². The van der Waals surface area contributed by atoms with Crippen molar-refractivity contribution in [1.29, 1.82) is 0 Å². The molecule has 0 saturated carbocycles. The van der Waals surface area contributed by atoms with E-state index in [9.17, 15) is 9.59 Å². The SMILES string of the molecule is COC(=O)C1=C(C)N([C@@H](C)c2ccccc2)C(=O)/C1=C\c1sccc1C. The second-order valence-corrected chi connectivity index (χ2v) is 7.19. The van der Waals surface area contributed by atoms with Crippen molar-refractivity contribution in [3.05, 3.63) is 74.6 Å². The Morgan fingerprint density at radius 1 is 1.19 bits per heavy atom. The van der Waals surface area contributed by atoms with Gasteiger partial charge in [0.2, 0.25) is 0 Å². The first kappa shape index (κ1) is 18.1. The average Bonchev–Trinajstić information content (AvgIpc) is 3.16. The smallest absolute Gasteiger partial charge is 0.340 e. The third-order valence-electron chi connectivity index (χ3n) is 4.68. The van der Waals surface area contributed by atoms with Crippen molar-refractivity contribution in [2.75, 3.05) is 7.11 Å². The van der Waals surface area contributed by atoms with Gasteiger partial charge in [0.1, 0.15) is 0 Å². The topological polar surface area (TPSA) is 46.6 Å². The van der Waals surface area contributed by atoms with Crippen molar-refractivity contribution in [1.82, 2.24) is 4.90 Å². The molecule has 0 spiro atoms. The Morgan fingerprint density at radius 3 is 2.46 bits per heavy atom. The van der Waals surface area contributed by atoms with Crippen LogP contribution in [0.5, 0.6) is 0 Å². The molecule has 0 radical (unpaired) electrons. The zero-order valence-electron chi connectivity index (χ0n) is 15.3. The van der Waals surface area contributed by atoms with Crippen LogP contribution >= 0.6 is 11.3 Å². The molecular formula is C21H21NO3S. The second kappa shape index (κ2) is 7.30. The predicted molar refractivity (Wildman–Crippen MR) is 103 cm³/mol. The van der Waals surface area contributed by atoms with E-state index in [1.165, 1.54) is 7.11 Å². The fourth-order valence-corrected chi connectivity index (χ4v) is 4.07. The number of nitrogens with zero attached hydrogens (tertiary/aromatic N) is 1. The number of allylic oxidation sites excluding steroid dienone is 1. The Hall–Kier alpha value is -2.66. The van der Waals surface area contributed by atoms with Gasteiger partial charge in [-0.3, -0.25) is 4.79 Å². The highest BCUT2D eigenvalue weighted by Crippen LogP contribution is 2.38. The number of amides is 1. The fraction of sp³-hybridized carbons (Fsp3) is 0.238. The molecule has 134 valence electrons. The molecule has 2 aromatic rings. The van der Waals surface area contributed by atoms with Gasteiger partial charge in [0, 0.05) is 10.6 Å². The number of methoxy groups -OCH3 is 1. The lowest BCUT2D eigenvalue weighted by atomic mass is 10.1. The summed E-state index contributed by atoms with van der Waals surface area (Å²) >= 11 is 1.55. The van der Waals surface area contributed by atoms with Crippen LogP contribution in [0.1, 0.15) is 35.9 Å². The summed E-state index contributed by atoms with van der Waals surface area (Å²) in [4.78, 5) is 28.3. The molecule has 0 bridgehead atoms. The van der Waals surface area contributed by atoms with Crippen molar-refractivity contribution in [2.45, 2.75) is 26.8 Å². The van der Waals surface area contributed by atoms with Crippen molar-refractivity contribution in [2.24, 2.45) is 0 Å². The molecular weight excluding hydrogens is 346 g/mol. The van der Waals surface area contributed by atoms with E-state index in [0.29, 0.717) is 16.8 Å². The standard InChI is InChI=1S/C21H21NO3S/c1-13-10-11-26-18(13)12-17-19(21(24)25-4)15(3)22(20(17)23)14(2)16-8-6-5-7-9-16/h5-12,14H,1-4H3/b17-12-/t14-/m0/s1. The summed E-state index contributed by atoms with van der Waals surface area (Å²) in [6, 6.07) is 11.6. The molecule has 0 N–H and O–H groups in total. The van der Waals surface area contributed by atoms with Crippen LogP contribution in [0.25, 0.3) is 6.08 Å². The van der Waals surface area contributed by atoms with Gasteiger partial charge in [0.15, 0.2) is 0 Å². The zero-order valence-corrected chi connectivity index (χ0v) is 16.1. The van der Waals surface area contributed by atoms with Crippen molar-refractivity contribution in [3.8, 4) is 0 Å². The molecule has 4 nitrogen and oxygen atoms in total. The van der Waals surface area contributed by atoms with Crippen molar-refractivity contribution < 1.29 is 14.3 Å². The van der Waals surface area contributed by atoms with Gasteiger partial charge in [-0.1, -0.05) is 30.3 Å². The number of thiophene rings is 1. The Bertz CT molecular complexity index is 908. The van der Waals surface area contributed by atoms with Crippen LogP contribution < -0.4 is 0 Å². The number of rotatable bonds is 4. The zero-order chi connectivity index (χ0) is 18.8. The quantitative estimate of drug-likeness (QED) is 0.591. The first-order chi connectivity index (χ1) is 12.5. The minimum Gasteiger partial charge on any atom is -0.465 e. The van der Waals surface area contributed by atoms with Crippen molar-refractivity contribution in [3.63, 3.8) is 0 Å². The van der Waals surface area contributed by atoms with E-state index in [1.807, 2.05) is 55.6 Å². The maximum absolute atomic E-state index is 13.2. The lowest BCUT2D eigenvalue weighted by Gasteiger charge is -2.26. The van der Waals surface area contributed by atoms with E-state index in [1.54, 1.807) is 29.2 Å². The number of aryl methyl sites for hydroxylation is 1. The maximum atomic E-state index is 13.2. The molecule has 1 atom stereocenters. The molecule has 26 heavy (non-hydrogen) atoms. The molecule has 1 aromatic carbocycles. The van der Waals surface area contributed by atoms with Crippen LogP contribution in [-0.4, -0.2) is 23.9 Å². The number of benzene rings is 1. The molecule has 0 saturated heterocycles. The van der Waals surface area contributed by atoms with Gasteiger partial charge in [-0.2, -0.15) is 0 Å².